The third-order valence-corrected chi connectivity index (χ3v) is 9.15. The standard InChI is InChI=1S/C30H42N4O4/c1-21(20-24-12-9-17-33(24)23-10-5-3-2-4-6-11-23)34-26-14-8-7-13-25(26)31-27(29(34)36)28(35)32-18-15-22(16-19-32)30(37)38/h7-8,13-14,21-24H,2-6,9-12,15-20H2,1H3,(H,37,38)/t21-,24-/m0/s1. The van der Waals surface area contributed by atoms with Gasteiger partial charge in [0.15, 0.2) is 5.69 Å². The third kappa shape index (κ3) is 5.65. The van der Waals surface area contributed by atoms with Gasteiger partial charge in [-0.2, -0.15) is 0 Å². The van der Waals surface area contributed by atoms with Gasteiger partial charge < -0.3 is 14.6 Å². The van der Waals surface area contributed by atoms with E-state index in [9.17, 15) is 19.5 Å². The van der Waals surface area contributed by atoms with Crippen molar-refractivity contribution in [3.8, 4) is 0 Å². The van der Waals surface area contributed by atoms with Crippen LogP contribution in [0.3, 0.4) is 0 Å². The second-order valence-electron chi connectivity index (χ2n) is 11.6. The van der Waals surface area contributed by atoms with Crippen molar-refractivity contribution in [3.05, 3.63) is 40.3 Å². The molecule has 3 fully saturated rings. The molecule has 0 bridgehead atoms. The predicted molar refractivity (Wildman–Crippen MR) is 147 cm³/mol. The van der Waals surface area contributed by atoms with Crippen molar-refractivity contribution in [1.82, 2.24) is 19.4 Å². The Morgan fingerprint density at radius 2 is 1.63 bits per heavy atom. The van der Waals surface area contributed by atoms with Crippen molar-refractivity contribution in [1.29, 1.82) is 0 Å². The molecule has 2 aromatic rings. The van der Waals surface area contributed by atoms with Gasteiger partial charge in [0.2, 0.25) is 0 Å². The summed E-state index contributed by atoms with van der Waals surface area (Å²) in [6.45, 7) is 3.91. The molecule has 1 aliphatic carbocycles. The van der Waals surface area contributed by atoms with E-state index in [1.54, 1.807) is 9.47 Å². The van der Waals surface area contributed by atoms with Crippen LogP contribution in [0, 0.1) is 5.92 Å². The van der Waals surface area contributed by atoms with E-state index in [1.807, 2.05) is 24.3 Å². The molecule has 0 spiro atoms. The number of carbonyl (C=O) groups is 2. The van der Waals surface area contributed by atoms with Gasteiger partial charge in [0, 0.05) is 31.2 Å². The highest BCUT2D eigenvalue weighted by Gasteiger charge is 2.34. The number of carboxylic acids is 1. The highest BCUT2D eigenvalue weighted by molar-refractivity contribution is 5.94. The molecule has 1 aromatic heterocycles. The van der Waals surface area contributed by atoms with Gasteiger partial charge in [0.1, 0.15) is 0 Å². The maximum Gasteiger partial charge on any atom is 0.306 e. The molecule has 38 heavy (non-hydrogen) atoms. The van der Waals surface area contributed by atoms with Crippen molar-refractivity contribution < 1.29 is 14.7 Å². The number of likely N-dealkylation sites (tertiary alicyclic amines) is 2. The summed E-state index contributed by atoms with van der Waals surface area (Å²) in [5.74, 6) is -1.65. The largest absolute Gasteiger partial charge is 0.481 e. The van der Waals surface area contributed by atoms with E-state index in [-0.39, 0.29) is 23.2 Å². The monoisotopic (exact) mass is 522 g/mol. The smallest absolute Gasteiger partial charge is 0.306 e. The van der Waals surface area contributed by atoms with Gasteiger partial charge in [-0.1, -0.05) is 44.2 Å². The van der Waals surface area contributed by atoms with Gasteiger partial charge in [-0.05, 0) is 70.5 Å². The van der Waals surface area contributed by atoms with Gasteiger partial charge >= 0.3 is 5.97 Å². The Balaban J connectivity index is 1.39. The van der Waals surface area contributed by atoms with Crippen LogP contribution >= 0.6 is 0 Å². The molecule has 0 unspecified atom stereocenters. The van der Waals surface area contributed by atoms with Gasteiger partial charge in [-0.15, -0.1) is 0 Å². The number of hydrogen-bond acceptors (Lipinski definition) is 5. The minimum atomic E-state index is -0.822. The van der Waals surface area contributed by atoms with Crippen molar-refractivity contribution in [3.63, 3.8) is 0 Å². The molecule has 8 heteroatoms. The maximum atomic E-state index is 13.9. The molecule has 2 saturated heterocycles. The average molecular weight is 523 g/mol. The molecule has 2 atom stereocenters. The zero-order chi connectivity index (χ0) is 26.6. The summed E-state index contributed by atoms with van der Waals surface area (Å²) in [4.78, 5) is 47.6. The van der Waals surface area contributed by atoms with Crippen LogP contribution in [0.2, 0.25) is 0 Å². The molecule has 5 rings (SSSR count). The van der Waals surface area contributed by atoms with Crippen LogP contribution in [-0.2, 0) is 4.79 Å². The molecule has 3 heterocycles. The van der Waals surface area contributed by atoms with Crippen LogP contribution in [-0.4, -0.2) is 68.1 Å². The number of piperidine rings is 1. The molecule has 1 saturated carbocycles. The number of carbonyl (C=O) groups excluding carboxylic acids is 1. The Kier molecular flexibility index (Phi) is 8.46. The van der Waals surface area contributed by atoms with Crippen molar-refractivity contribution in [2.75, 3.05) is 19.6 Å². The highest BCUT2D eigenvalue weighted by Crippen LogP contribution is 2.32. The zero-order valence-corrected chi connectivity index (χ0v) is 22.7. The van der Waals surface area contributed by atoms with E-state index in [1.165, 1.54) is 51.4 Å². The number of aliphatic carboxylic acids is 1. The Hall–Kier alpha value is -2.74. The van der Waals surface area contributed by atoms with E-state index in [2.05, 4.69) is 16.8 Å². The molecule has 1 N–H and O–H groups in total. The molecular formula is C30H42N4O4. The van der Waals surface area contributed by atoms with E-state index in [0.29, 0.717) is 43.5 Å². The van der Waals surface area contributed by atoms with Crippen LogP contribution < -0.4 is 5.56 Å². The molecule has 0 radical (unpaired) electrons. The number of benzene rings is 1. The van der Waals surface area contributed by atoms with Crippen LogP contribution in [0.4, 0.5) is 0 Å². The Morgan fingerprint density at radius 1 is 0.947 bits per heavy atom. The first-order valence-electron chi connectivity index (χ1n) is 14.7. The normalized spacial score (nSPS) is 23.3. The second-order valence-corrected chi connectivity index (χ2v) is 11.6. The van der Waals surface area contributed by atoms with Crippen LogP contribution in [0.25, 0.3) is 11.0 Å². The van der Waals surface area contributed by atoms with Gasteiger partial charge in [-0.3, -0.25) is 19.3 Å². The fourth-order valence-corrected chi connectivity index (χ4v) is 7.07. The van der Waals surface area contributed by atoms with Gasteiger partial charge in [0.05, 0.1) is 17.0 Å². The quantitative estimate of drug-likeness (QED) is 0.582. The molecule has 1 aromatic carbocycles. The molecule has 3 aliphatic rings. The zero-order valence-electron chi connectivity index (χ0n) is 22.7. The van der Waals surface area contributed by atoms with Gasteiger partial charge in [0.25, 0.3) is 11.5 Å². The first-order chi connectivity index (χ1) is 18.4. The SMILES string of the molecule is C[C@@H](C[C@@H]1CCCN1C1CCCCCCC1)n1c(=O)c(C(=O)N2CCC(C(=O)O)CC2)nc2ccccc21. The lowest BCUT2D eigenvalue weighted by Gasteiger charge is -2.36. The summed E-state index contributed by atoms with van der Waals surface area (Å²) >= 11 is 0. The number of fused-ring (bicyclic) bond motifs is 1. The number of nitrogens with zero attached hydrogens (tertiary/aromatic N) is 4. The summed E-state index contributed by atoms with van der Waals surface area (Å²) in [7, 11) is 0. The predicted octanol–water partition coefficient (Wildman–Crippen LogP) is 4.86. The van der Waals surface area contributed by atoms with E-state index >= 15 is 0 Å². The number of carboxylic acid groups (broad SMARTS) is 1. The number of aromatic nitrogens is 2. The van der Waals surface area contributed by atoms with Crippen molar-refractivity contribution in [2.45, 2.75) is 102 Å². The lowest BCUT2D eigenvalue weighted by molar-refractivity contribution is -0.143. The Morgan fingerprint density at radius 3 is 2.34 bits per heavy atom. The topological polar surface area (TPSA) is 95.7 Å². The van der Waals surface area contributed by atoms with Crippen LogP contribution in [0.5, 0.6) is 0 Å². The summed E-state index contributed by atoms with van der Waals surface area (Å²) in [6, 6.07) is 8.61. The lowest BCUT2D eigenvalue weighted by Crippen LogP contribution is -2.44. The summed E-state index contributed by atoms with van der Waals surface area (Å²) in [5, 5.41) is 9.31. The lowest BCUT2D eigenvalue weighted by atomic mass is 9.94. The number of amides is 1. The number of rotatable bonds is 6. The first kappa shape index (κ1) is 26.9. The molecular weight excluding hydrogens is 480 g/mol. The van der Waals surface area contributed by atoms with Crippen molar-refractivity contribution in [2.24, 2.45) is 5.92 Å². The summed E-state index contributed by atoms with van der Waals surface area (Å²) in [6.07, 6.45) is 13.3. The molecule has 2 aliphatic heterocycles. The first-order valence-corrected chi connectivity index (χ1v) is 14.7. The van der Waals surface area contributed by atoms with Crippen LogP contribution in [0.1, 0.15) is 101 Å². The molecule has 8 nitrogen and oxygen atoms in total. The number of para-hydroxylation sites is 2. The highest BCUT2D eigenvalue weighted by atomic mass is 16.4. The summed E-state index contributed by atoms with van der Waals surface area (Å²) in [5.41, 5.74) is 1.03. The third-order valence-electron chi connectivity index (χ3n) is 9.15. The van der Waals surface area contributed by atoms with Gasteiger partial charge in [-0.25, -0.2) is 4.98 Å². The fraction of sp³-hybridized carbons (Fsp3) is 0.667. The average Bonchev–Trinajstić information content (AvgIpc) is 3.35. The Labute approximate surface area is 225 Å². The van der Waals surface area contributed by atoms with E-state index in [0.717, 1.165) is 24.9 Å². The second kappa shape index (κ2) is 12.0. The van der Waals surface area contributed by atoms with Crippen molar-refractivity contribution >= 4 is 22.9 Å². The summed E-state index contributed by atoms with van der Waals surface area (Å²) < 4.78 is 1.80. The minimum absolute atomic E-state index is 0.0485. The van der Waals surface area contributed by atoms with Crippen LogP contribution in [0.15, 0.2) is 29.1 Å². The molecule has 206 valence electrons. The number of hydrogen-bond donors (Lipinski definition) is 1. The van der Waals surface area contributed by atoms with E-state index < -0.39 is 11.9 Å². The minimum Gasteiger partial charge on any atom is -0.481 e. The van der Waals surface area contributed by atoms with E-state index in [4.69, 9.17) is 0 Å². The maximum absolute atomic E-state index is 13.9. The Bertz CT molecular complexity index is 1190. The molecule has 1 amide bonds. The fourth-order valence-electron chi connectivity index (χ4n) is 7.07.